The summed E-state index contributed by atoms with van der Waals surface area (Å²) in [6, 6.07) is 2.26. The normalized spacial score (nSPS) is 23.6. The molecule has 138 valence electrons. The van der Waals surface area contributed by atoms with Crippen LogP contribution < -0.4 is 9.47 Å². The number of imidazole rings is 1. The minimum absolute atomic E-state index is 0.0453. The van der Waals surface area contributed by atoms with Gasteiger partial charge in [0, 0.05) is 17.4 Å². The summed E-state index contributed by atoms with van der Waals surface area (Å²) in [4.78, 5) is 4.19. The van der Waals surface area contributed by atoms with Gasteiger partial charge in [0.2, 0.25) is 0 Å². The van der Waals surface area contributed by atoms with E-state index in [2.05, 4.69) is 20.9 Å². The summed E-state index contributed by atoms with van der Waals surface area (Å²) in [5.41, 5.74) is -1.60. The molecule has 25 heavy (non-hydrogen) atoms. The largest absolute Gasteiger partial charge is 0.493 e. The summed E-state index contributed by atoms with van der Waals surface area (Å²) in [5.74, 6) is 0.104. The van der Waals surface area contributed by atoms with Gasteiger partial charge in [-0.05, 0) is 25.8 Å². The van der Waals surface area contributed by atoms with Crippen molar-refractivity contribution in [1.29, 1.82) is 0 Å². The second kappa shape index (κ2) is 6.35. The molecule has 1 saturated carbocycles. The number of halogens is 4. The lowest BCUT2D eigenvalue weighted by atomic mass is 9.77. The van der Waals surface area contributed by atoms with Crippen LogP contribution in [0.15, 0.2) is 12.1 Å². The monoisotopic (exact) mass is 422 g/mol. The molecule has 1 aliphatic carbocycles. The molecule has 1 aromatic heterocycles. The fourth-order valence-electron chi connectivity index (χ4n) is 3.26. The fourth-order valence-corrected chi connectivity index (χ4v) is 3.42. The zero-order chi connectivity index (χ0) is 18.4. The van der Waals surface area contributed by atoms with Gasteiger partial charge in [-0.15, -0.1) is 0 Å². The highest BCUT2D eigenvalue weighted by Gasteiger charge is 2.43. The van der Waals surface area contributed by atoms with Crippen LogP contribution in [-0.2, 0) is 6.18 Å². The van der Waals surface area contributed by atoms with E-state index >= 15 is 0 Å². The van der Waals surface area contributed by atoms with Gasteiger partial charge in [-0.1, -0.05) is 15.9 Å². The van der Waals surface area contributed by atoms with Crippen LogP contribution >= 0.6 is 15.9 Å². The van der Waals surface area contributed by atoms with E-state index < -0.39 is 17.3 Å². The molecule has 0 unspecified atom stereocenters. The van der Waals surface area contributed by atoms with Crippen molar-refractivity contribution in [2.24, 2.45) is 0 Å². The SMILES string of the molecule is COc1nc2cc(OCCBr)cc(C(F)(F)F)c2n1C1CC(C)(O)C1. The first-order valence-corrected chi connectivity index (χ1v) is 8.87. The van der Waals surface area contributed by atoms with Crippen molar-refractivity contribution in [2.45, 2.75) is 37.6 Å². The van der Waals surface area contributed by atoms with Gasteiger partial charge in [0.25, 0.3) is 6.01 Å². The highest BCUT2D eigenvalue weighted by Crippen LogP contribution is 2.47. The molecule has 1 heterocycles. The third kappa shape index (κ3) is 3.44. The standard InChI is InChI=1S/C16H18BrF3N2O3/c1-15(23)7-9(8-15)22-13-11(16(18,19)20)5-10(25-4-3-17)6-12(13)21-14(22)24-2/h5-6,9,23H,3-4,7-8H2,1-2H3. The Balaban J connectivity index is 2.18. The Morgan fingerprint density at radius 2 is 2.08 bits per heavy atom. The molecule has 0 spiro atoms. The quantitative estimate of drug-likeness (QED) is 0.741. The first-order valence-electron chi connectivity index (χ1n) is 7.74. The number of rotatable bonds is 5. The van der Waals surface area contributed by atoms with Crippen LogP contribution in [0.3, 0.4) is 0 Å². The fraction of sp³-hybridized carbons (Fsp3) is 0.562. The van der Waals surface area contributed by atoms with Crippen molar-refractivity contribution in [3.05, 3.63) is 17.7 Å². The lowest BCUT2D eigenvalue weighted by molar-refractivity contribution is -0.136. The smallest absolute Gasteiger partial charge is 0.418 e. The maximum atomic E-state index is 13.7. The first-order chi connectivity index (χ1) is 11.7. The molecule has 1 aliphatic rings. The van der Waals surface area contributed by atoms with E-state index in [-0.39, 0.29) is 35.4 Å². The molecule has 0 radical (unpaired) electrons. The summed E-state index contributed by atoms with van der Waals surface area (Å²) in [6.45, 7) is 1.90. The van der Waals surface area contributed by atoms with Gasteiger partial charge in [0.05, 0.1) is 35.9 Å². The summed E-state index contributed by atoms with van der Waals surface area (Å²) in [7, 11) is 1.37. The Morgan fingerprint density at radius 3 is 2.60 bits per heavy atom. The van der Waals surface area contributed by atoms with E-state index in [0.29, 0.717) is 18.2 Å². The Bertz CT molecular complexity index is 781. The second-order valence-electron chi connectivity index (χ2n) is 6.40. The van der Waals surface area contributed by atoms with Gasteiger partial charge in [-0.3, -0.25) is 4.57 Å². The molecule has 0 bridgehead atoms. The third-order valence-corrected chi connectivity index (χ3v) is 4.60. The van der Waals surface area contributed by atoms with Gasteiger partial charge in [-0.2, -0.15) is 18.2 Å². The van der Waals surface area contributed by atoms with E-state index in [9.17, 15) is 18.3 Å². The second-order valence-corrected chi connectivity index (χ2v) is 7.19. The zero-order valence-electron chi connectivity index (χ0n) is 13.7. The summed E-state index contributed by atoms with van der Waals surface area (Å²) in [6.07, 6.45) is -3.89. The Kier molecular flexibility index (Phi) is 4.65. The van der Waals surface area contributed by atoms with Gasteiger partial charge in [-0.25, -0.2) is 0 Å². The average Bonchev–Trinajstić information content (AvgIpc) is 2.86. The van der Waals surface area contributed by atoms with E-state index in [0.717, 1.165) is 6.07 Å². The molecule has 2 aromatic rings. The number of aromatic nitrogens is 2. The number of methoxy groups -OCH3 is 1. The van der Waals surface area contributed by atoms with Crippen LogP contribution in [0.5, 0.6) is 11.8 Å². The molecule has 0 atom stereocenters. The molecule has 9 heteroatoms. The molecular weight excluding hydrogens is 405 g/mol. The number of fused-ring (bicyclic) bond motifs is 1. The molecule has 0 amide bonds. The van der Waals surface area contributed by atoms with Crippen molar-refractivity contribution in [2.75, 3.05) is 19.0 Å². The topological polar surface area (TPSA) is 56.5 Å². The van der Waals surface area contributed by atoms with Crippen molar-refractivity contribution < 1.29 is 27.8 Å². The molecule has 5 nitrogen and oxygen atoms in total. The molecule has 1 N–H and O–H groups in total. The number of alkyl halides is 4. The lowest BCUT2D eigenvalue weighted by Gasteiger charge is -2.42. The summed E-state index contributed by atoms with van der Waals surface area (Å²) in [5, 5.41) is 10.5. The average molecular weight is 423 g/mol. The van der Waals surface area contributed by atoms with Crippen LogP contribution in [-0.4, -0.2) is 39.3 Å². The van der Waals surface area contributed by atoms with Crippen molar-refractivity contribution in [3.8, 4) is 11.8 Å². The van der Waals surface area contributed by atoms with E-state index in [4.69, 9.17) is 9.47 Å². The molecule has 3 rings (SSSR count). The van der Waals surface area contributed by atoms with Crippen LogP contribution in [0.4, 0.5) is 13.2 Å². The van der Waals surface area contributed by atoms with Gasteiger partial charge in [0.15, 0.2) is 0 Å². The zero-order valence-corrected chi connectivity index (χ0v) is 15.3. The molecule has 1 aromatic carbocycles. The number of benzene rings is 1. The Hall–Kier alpha value is -1.48. The Morgan fingerprint density at radius 1 is 1.40 bits per heavy atom. The van der Waals surface area contributed by atoms with Crippen LogP contribution in [0.25, 0.3) is 11.0 Å². The molecule has 0 aliphatic heterocycles. The van der Waals surface area contributed by atoms with E-state index in [1.807, 2.05) is 0 Å². The van der Waals surface area contributed by atoms with Crippen LogP contribution in [0.2, 0.25) is 0 Å². The Labute approximate surface area is 150 Å². The predicted molar refractivity (Wildman–Crippen MR) is 89.5 cm³/mol. The number of hydrogen-bond acceptors (Lipinski definition) is 4. The van der Waals surface area contributed by atoms with Crippen molar-refractivity contribution >= 4 is 27.0 Å². The molecular formula is C16H18BrF3N2O3. The summed E-state index contributed by atoms with van der Waals surface area (Å²) >= 11 is 3.18. The third-order valence-electron chi connectivity index (χ3n) is 4.28. The molecule has 0 saturated heterocycles. The lowest BCUT2D eigenvalue weighted by Crippen LogP contribution is -2.42. The highest BCUT2D eigenvalue weighted by atomic mass is 79.9. The van der Waals surface area contributed by atoms with E-state index in [1.165, 1.54) is 17.7 Å². The predicted octanol–water partition coefficient (Wildman–Crippen LogP) is 3.92. The van der Waals surface area contributed by atoms with Gasteiger partial charge < -0.3 is 14.6 Å². The number of ether oxygens (including phenoxy) is 2. The minimum Gasteiger partial charge on any atom is -0.493 e. The van der Waals surface area contributed by atoms with E-state index in [1.54, 1.807) is 6.92 Å². The van der Waals surface area contributed by atoms with Crippen molar-refractivity contribution in [1.82, 2.24) is 9.55 Å². The maximum absolute atomic E-state index is 13.7. The van der Waals surface area contributed by atoms with Gasteiger partial charge >= 0.3 is 6.18 Å². The number of nitrogens with zero attached hydrogens (tertiary/aromatic N) is 2. The highest BCUT2D eigenvalue weighted by molar-refractivity contribution is 9.09. The number of aliphatic hydroxyl groups is 1. The van der Waals surface area contributed by atoms with Crippen molar-refractivity contribution in [3.63, 3.8) is 0 Å². The first kappa shape index (κ1) is 18.3. The van der Waals surface area contributed by atoms with Crippen LogP contribution in [0.1, 0.15) is 31.4 Å². The molecule has 1 fully saturated rings. The summed E-state index contributed by atoms with van der Waals surface area (Å²) < 4.78 is 52.9. The maximum Gasteiger partial charge on any atom is 0.418 e. The minimum atomic E-state index is -4.57. The van der Waals surface area contributed by atoms with Gasteiger partial charge in [0.1, 0.15) is 5.75 Å². The number of hydrogen-bond donors (Lipinski definition) is 1. The van der Waals surface area contributed by atoms with Crippen LogP contribution in [0, 0.1) is 0 Å².